The van der Waals surface area contributed by atoms with Crippen LogP contribution in [0.4, 0.5) is 5.69 Å². The number of carbonyl (C=O) groups excluding carboxylic acids is 1. The molecule has 1 rings (SSSR count). The number of anilines is 1. The SMILES string of the molecule is NS(=O)(=O)c1ccc(NC(=O)CCCl)cc1. The Labute approximate surface area is 98.6 Å². The Morgan fingerprint density at radius 3 is 2.31 bits per heavy atom. The number of amides is 1. The van der Waals surface area contributed by atoms with Gasteiger partial charge in [-0.05, 0) is 24.3 Å². The summed E-state index contributed by atoms with van der Waals surface area (Å²) in [6.45, 7) is 0. The zero-order chi connectivity index (χ0) is 12.2. The number of alkyl halides is 1. The topological polar surface area (TPSA) is 89.3 Å². The fraction of sp³-hybridized carbons (Fsp3) is 0.222. The summed E-state index contributed by atoms with van der Waals surface area (Å²) in [6.07, 6.45) is 0.207. The summed E-state index contributed by atoms with van der Waals surface area (Å²) in [5.74, 6) is 0.0135. The standard InChI is InChI=1S/C9H11ClN2O3S/c10-6-5-9(13)12-7-1-3-8(4-2-7)16(11,14)15/h1-4H,5-6H2,(H,12,13)(H2,11,14,15). The van der Waals surface area contributed by atoms with Gasteiger partial charge in [0.2, 0.25) is 15.9 Å². The first kappa shape index (κ1) is 13.0. The first-order valence-electron chi connectivity index (χ1n) is 4.42. The van der Waals surface area contributed by atoms with Gasteiger partial charge in [-0.15, -0.1) is 11.6 Å². The molecule has 0 radical (unpaired) electrons. The number of hydrogen-bond donors (Lipinski definition) is 2. The summed E-state index contributed by atoms with van der Waals surface area (Å²) >= 11 is 5.39. The number of primary sulfonamides is 1. The largest absolute Gasteiger partial charge is 0.326 e. The minimum absolute atomic E-state index is 0.00263. The van der Waals surface area contributed by atoms with Gasteiger partial charge in [-0.25, -0.2) is 13.6 Å². The van der Waals surface area contributed by atoms with Gasteiger partial charge < -0.3 is 5.32 Å². The Balaban J connectivity index is 2.76. The van der Waals surface area contributed by atoms with Crippen molar-refractivity contribution in [1.82, 2.24) is 0 Å². The molecule has 0 aliphatic heterocycles. The van der Waals surface area contributed by atoms with E-state index in [4.69, 9.17) is 16.7 Å². The van der Waals surface area contributed by atoms with Crippen LogP contribution in [0.25, 0.3) is 0 Å². The van der Waals surface area contributed by atoms with Gasteiger partial charge in [0.25, 0.3) is 0 Å². The van der Waals surface area contributed by atoms with E-state index in [1.807, 2.05) is 0 Å². The van der Waals surface area contributed by atoms with Crippen molar-refractivity contribution >= 4 is 33.2 Å². The summed E-state index contributed by atoms with van der Waals surface area (Å²) in [7, 11) is -3.69. The van der Waals surface area contributed by atoms with Crippen LogP contribution in [0.2, 0.25) is 0 Å². The molecule has 1 aromatic carbocycles. The third kappa shape index (κ3) is 3.80. The second kappa shape index (κ2) is 5.29. The van der Waals surface area contributed by atoms with Gasteiger partial charge in [-0.2, -0.15) is 0 Å². The van der Waals surface area contributed by atoms with E-state index in [1.54, 1.807) is 0 Å². The number of sulfonamides is 1. The number of nitrogens with one attached hydrogen (secondary N) is 1. The smallest absolute Gasteiger partial charge is 0.238 e. The van der Waals surface area contributed by atoms with E-state index in [9.17, 15) is 13.2 Å². The molecule has 0 saturated heterocycles. The molecule has 0 unspecified atom stereocenters. The molecule has 1 aromatic rings. The number of carbonyl (C=O) groups is 1. The van der Waals surface area contributed by atoms with Crippen molar-refractivity contribution in [3.8, 4) is 0 Å². The number of nitrogens with two attached hydrogens (primary N) is 1. The molecule has 5 nitrogen and oxygen atoms in total. The average Bonchev–Trinajstić information content (AvgIpc) is 2.17. The Morgan fingerprint density at radius 1 is 1.31 bits per heavy atom. The molecule has 88 valence electrons. The van der Waals surface area contributed by atoms with Crippen LogP contribution in [0.1, 0.15) is 6.42 Å². The Hall–Kier alpha value is -1.11. The molecule has 1 amide bonds. The van der Waals surface area contributed by atoms with Crippen LogP contribution >= 0.6 is 11.6 Å². The molecule has 7 heteroatoms. The molecule has 3 N–H and O–H groups in total. The van der Waals surface area contributed by atoms with Crippen LogP contribution in [0.3, 0.4) is 0 Å². The summed E-state index contributed by atoms with van der Waals surface area (Å²) in [4.78, 5) is 11.2. The highest BCUT2D eigenvalue weighted by molar-refractivity contribution is 7.89. The number of rotatable bonds is 4. The molecule has 0 fully saturated rings. The lowest BCUT2D eigenvalue weighted by Gasteiger charge is -2.04. The molecular weight excluding hydrogens is 252 g/mol. The maximum atomic E-state index is 11.2. The van der Waals surface area contributed by atoms with Crippen molar-refractivity contribution in [3.63, 3.8) is 0 Å². The predicted molar refractivity (Wildman–Crippen MR) is 61.8 cm³/mol. The lowest BCUT2D eigenvalue weighted by molar-refractivity contribution is -0.115. The number of hydrogen-bond acceptors (Lipinski definition) is 3. The second-order valence-electron chi connectivity index (χ2n) is 3.06. The average molecular weight is 263 g/mol. The molecule has 0 atom stereocenters. The van der Waals surface area contributed by atoms with E-state index in [1.165, 1.54) is 24.3 Å². The predicted octanol–water partition coefficient (Wildman–Crippen LogP) is 0.901. The molecule has 0 spiro atoms. The molecule has 16 heavy (non-hydrogen) atoms. The summed E-state index contributed by atoms with van der Waals surface area (Å²) < 4.78 is 21.9. The van der Waals surface area contributed by atoms with Crippen LogP contribution in [0.5, 0.6) is 0 Å². The lowest BCUT2D eigenvalue weighted by atomic mass is 10.3. The van der Waals surface area contributed by atoms with E-state index < -0.39 is 10.0 Å². The monoisotopic (exact) mass is 262 g/mol. The van der Waals surface area contributed by atoms with E-state index in [2.05, 4.69) is 5.32 Å². The highest BCUT2D eigenvalue weighted by Gasteiger charge is 2.07. The van der Waals surface area contributed by atoms with Crippen molar-refractivity contribution in [2.24, 2.45) is 5.14 Å². The Kier molecular flexibility index (Phi) is 4.28. The zero-order valence-corrected chi connectivity index (χ0v) is 9.88. The fourth-order valence-electron chi connectivity index (χ4n) is 1.04. The van der Waals surface area contributed by atoms with Crippen molar-refractivity contribution in [3.05, 3.63) is 24.3 Å². The van der Waals surface area contributed by atoms with Gasteiger partial charge in [-0.3, -0.25) is 4.79 Å². The Morgan fingerprint density at radius 2 is 1.88 bits per heavy atom. The minimum Gasteiger partial charge on any atom is -0.326 e. The van der Waals surface area contributed by atoms with Crippen LogP contribution in [-0.2, 0) is 14.8 Å². The number of halogens is 1. The van der Waals surface area contributed by atoms with Crippen LogP contribution < -0.4 is 10.5 Å². The molecule has 0 heterocycles. The first-order chi connectivity index (χ1) is 7.43. The van der Waals surface area contributed by atoms with Crippen LogP contribution in [-0.4, -0.2) is 20.2 Å². The quantitative estimate of drug-likeness (QED) is 0.790. The van der Waals surface area contributed by atoms with Gasteiger partial charge >= 0.3 is 0 Å². The van der Waals surface area contributed by atoms with E-state index in [0.29, 0.717) is 5.69 Å². The third-order valence-electron chi connectivity index (χ3n) is 1.79. The van der Waals surface area contributed by atoms with E-state index in [-0.39, 0.29) is 23.1 Å². The number of benzene rings is 1. The molecule has 0 saturated carbocycles. The summed E-state index contributed by atoms with van der Waals surface area (Å²) in [5.41, 5.74) is 0.502. The van der Waals surface area contributed by atoms with Crippen molar-refractivity contribution < 1.29 is 13.2 Å². The maximum Gasteiger partial charge on any atom is 0.238 e. The van der Waals surface area contributed by atoms with Gasteiger partial charge in [-0.1, -0.05) is 0 Å². The van der Waals surface area contributed by atoms with Gasteiger partial charge in [0.15, 0.2) is 0 Å². The van der Waals surface area contributed by atoms with Gasteiger partial charge in [0, 0.05) is 18.0 Å². The van der Waals surface area contributed by atoms with Crippen molar-refractivity contribution in [2.75, 3.05) is 11.2 Å². The highest BCUT2D eigenvalue weighted by atomic mass is 35.5. The highest BCUT2D eigenvalue weighted by Crippen LogP contribution is 2.12. The summed E-state index contributed by atoms with van der Waals surface area (Å²) in [5, 5.41) is 7.49. The summed E-state index contributed by atoms with van der Waals surface area (Å²) in [6, 6.07) is 5.58. The van der Waals surface area contributed by atoms with Crippen LogP contribution in [0.15, 0.2) is 29.2 Å². The second-order valence-corrected chi connectivity index (χ2v) is 5.00. The van der Waals surface area contributed by atoms with Crippen molar-refractivity contribution in [2.45, 2.75) is 11.3 Å². The first-order valence-corrected chi connectivity index (χ1v) is 6.50. The lowest BCUT2D eigenvalue weighted by Crippen LogP contribution is -2.13. The maximum absolute atomic E-state index is 11.2. The Bertz CT molecular complexity index is 470. The van der Waals surface area contributed by atoms with Crippen LogP contribution in [0, 0.1) is 0 Å². The normalized spacial score (nSPS) is 11.1. The van der Waals surface area contributed by atoms with Gasteiger partial charge in [0.1, 0.15) is 0 Å². The molecule has 0 aromatic heterocycles. The zero-order valence-electron chi connectivity index (χ0n) is 8.31. The molecular formula is C9H11ClN2O3S. The minimum atomic E-state index is -3.69. The van der Waals surface area contributed by atoms with E-state index >= 15 is 0 Å². The molecule has 0 aliphatic rings. The third-order valence-corrected chi connectivity index (χ3v) is 2.91. The van der Waals surface area contributed by atoms with Crippen molar-refractivity contribution in [1.29, 1.82) is 0 Å². The molecule has 0 aliphatic carbocycles. The molecule has 0 bridgehead atoms. The van der Waals surface area contributed by atoms with E-state index in [0.717, 1.165) is 0 Å². The fourth-order valence-corrected chi connectivity index (χ4v) is 1.72. The van der Waals surface area contributed by atoms with Gasteiger partial charge in [0.05, 0.1) is 4.90 Å².